The lowest BCUT2D eigenvalue weighted by Crippen LogP contribution is -2.25. The summed E-state index contributed by atoms with van der Waals surface area (Å²) in [6.07, 6.45) is 8.58. The highest BCUT2D eigenvalue weighted by molar-refractivity contribution is 5.20. The molecule has 1 aliphatic carbocycles. The Morgan fingerprint density at radius 1 is 1.10 bits per heavy atom. The maximum absolute atomic E-state index is 3.56. The molecule has 1 heteroatoms. The van der Waals surface area contributed by atoms with Gasteiger partial charge in [0.2, 0.25) is 0 Å². The molecule has 0 heterocycles. The number of likely N-dealkylation sites (N-methyl/N-ethyl adjacent to an activating group) is 1. The van der Waals surface area contributed by atoms with Crippen LogP contribution in [0.5, 0.6) is 0 Å². The Hall–Kier alpha value is -0.820. The molecule has 2 rings (SSSR count). The maximum atomic E-state index is 3.56. The zero-order chi connectivity index (χ0) is 14.2. The van der Waals surface area contributed by atoms with Gasteiger partial charge >= 0.3 is 0 Å². The van der Waals surface area contributed by atoms with Crippen molar-refractivity contribution in [1.82, 2.24) is 5.32 Å². The summed E-state index contributed by atoms with van der Waals surface area (Å²) >= 11 is 0. The Kier molecular flexibility index (Phi) is 6.59. The van der Waals surface area contributed by atoms with E-state index in [0.29, 0.717) is 5.92 Å². The molecule has 0 spiro atoms. The van der Waals surface area contributed by atoms with E-state index < -0.39 is 0 Å². The first-order valence-electron chi connectivity index (χ1n) is 8.59. The van der Waals surface area contributed by atoms with Crippen LogP contribution in [0.2, 0.25) is 0 Å². The van der Waals surface area contributed by atoms with Gasteiger partial charge in [0, 0.05) is 6.54 Å². The highest BCUT2D eigenvalue weighted by atomic mass is 14.8. The number of hydrogen-bond acceptors (Lipinski definition) is 1. The van der Waals surface area contributed by atoms with Crippen LogP contribution in [0.3, 0.4) is 0 Å². The van der Waals surface area contributed by atoms with Gasteiger partial charge in [0.1, 0.15) is 0 Å². The molecule has 0 saturated heterocycles. The van der Waals surface area contributed by atoms with E-state index in [1.165, 1.54) is 44.1 Å². The van der Waals surface area contributed by atoms with Crippen LogP contribution in [-0.4, -0.2) is 13.1 Å². The van der Waals surface area contributed by atoms with E-state index in [9.17, 15) is 0 Å². The zero-order valence-corrected chi connectivity index (χ0v) is 13.3. The topological polar surface area (TPSA) is 12.0 Å². The van der Waals surface area contributed by atoms with Crippen molar-refractivity contribution in [2.45, 2.75) is 58.3 Å². The lowest BCUT2D eigenvalue weighted by molar-refractivity contribution is 0.237. The van der Waals surface area contributed by atoms with Crippen molar-refractivity contribution in [3.05, 3.63) is 35.9 Å². The third-order valence-corrected chi connectivity index (χ3v) is 5.00. The van der Waals surface area contributed by atoms with Gasteiger partial charge in [-0.3, -0.25) is 0 Å². The van der Waals surface area contributed by atoms with Gasteiger partial charge in [0.05, 0.1) is 0 Å². The van der Waals surface area contributed by atoms with Crippen LogP contribution in [0.15, 0.2) is 30.3 Å². The Morgan fingerprint density at radius 3 is 2.55 bits per heavy atom. The van der Waals surface area contributed by atoms with Gasteiger partial charge in [0.25, 0.3) is 0 Å². The van der Waals surface area contributed by atoms with Crippen LogP contribution in [0.1, 0.15) is 63.9 Å². The molecule has 1 N–H and O–H groups in total. The largest absolute Gasteiger partial charge is 0.316 e. The van der Waals surface area contributed by atoms with Gasteiger partial charge in [-0.1, -0.05) is 69.9 Å². The fourth-order valence-electron chi connectivity index (χ4n) is 3.77. The third kappa shape index (κ3) is 4.63. The first-order chi connectivity index (χ1) is 9.83. The Balaban J connectivity index is 1.96. The summed E-state index contributed by atoms with van der Waals surface area (Å²) in [6, 6.07) is 11.1. The first-order valence-corrected chi connectivity index (χ1v) is 8.59. The molecule has 0 aromatic heterocycles. The Morgan fingerprint density at radius 2 is 1.85 bits per heavy atom. The van der Waals surface area contributed by atoms with Crippen molar-refractivity contribution in [1.29, 1.82) is 0 Å². The van der Waals surface area contributed by atoms with Crippen LogP contribution < -0.4 is 5.32 Å². The average molecular weight is 273 g/mol. The number of rotatable bonds is 7. The molecule has 1 saturated carbocycles. The standard InChI is InChI=1S/C19H31N/c1-3-16-9-8-10-17(13-16)14-19(15-20-4-2)18-11-6-5-7-12-18/h5-7,11-12,16-17,19-20H,3-4,8-10,13-15H2,1-2H3. The van der Waals surface area contributed by atoms with Gasteiger partial charge in [-0.15, -0.1) is 0 Å². The molecule has 0 radical (unpaired) electrons. The third-order valence-electron chi connectivity index (χ3n) is 5.00. The SMILES string of the molecule is CCNCC(CC1CCCC(CC)C1)c1ccccc1. The lowest BCUT2D eigenvalue weighted by atomic mass is 9.75. The molecule has 3 unspecified atom stereocenters. The molecule has 1 fully saturated rings. The highest BCUT2D eigenvalue weighted by Crippen LogP contribution is 2.36. The first kappa shape index (κ1) is 15.6. The molecule has 0 aliphatic heterocycles. The van der Waals surface area contributed by atoms with Crippen molar-refractivity contribution in [2.75, 3.05) is 13.1 Å². The molecule has 1 nitrogen and oxygen atoms in total. The smallest absolute Gasteiger partial charge is 0.00201 e. The van der Waals surface area contributed by atoms with Crippen molar-refractivity contribution in [3.8, 4) is 0 Å². The summed E-state index contributed by atoms with van der Waals surface area (Å²) in [4.78, 5) is 0. The van der Waals surface area contributed by atoms with Crippen molar-refractivity contribution < 1.29 is 0 Å². The zero-order valence-electron chi connectivity index (χ0n) is 13.3. The van der Waals surface area contributed by atoms with E-state index in [1.807, 2.05) is 0 Å². The monoisotopic (exact) mass is 273 g/mol. The van der Waals surface area contributed by atoms with Gasteiger partial charge in [-0.05, 0) is 42.7 Å². The van der Waals surface area contributed by atoms with Gasteiger partial charge in [-0.2, -0.15) is 0 Å². The number of nitrogens with one attached hydrogen (secondary N) is 1. The average Bonchev–Trinajstić information content (AvgIpc) is 2.52. The van der Waals surface area contributed by atoms with Crippen LogP contribution in [0.4, 0.5) is 0 Å². The van der Waals surface area contributed by atoms with Gasteiger partial charge in [-0.25, -0.2) is 0 Å². The molecule has 1 aliphatic rings. The summed E-state index contributed by atoms with van der Waals surface area (Å²) in [5.74, 6) is 2.62. The van der Waals surface area contributed by atoms with Crippen LogP contribution in [0.25, 0.3) is 0 Å². The van der Waals surface area contributed by atoms with Crippen LogP contribution in [0, 0.1) is 11.8 Å². The summed E-state index contributed by atoms with van der Waals surface area (Å²) in [6.45, 7) is 6.77. The van der Waals surface area contributed by atoms with E-state index in [1.54, 1.807) is 0 Å². The van der Waals surface area contributed by atoms with Crippen molar-refractivity contribution >= 4 is 0 Å². The van der Waals surface area contributed by atoms with Crippen LogP contribution in [-0.2, 0) is 0 Å². The molecule has 20 heavy (non-hydrogen) atoms. The molecular formula is C19H31N. The predicted molar refractivity (Wildman–Crippen MR) is 88.1 cm³/mol. The van der Waals surface area contributed by atoms with E-state index >= 15 is 0 Å². The second-order valence-corrected chi connectivity index (χ2v) is 6.46. The summed E-state index contributed by atoms with van der Waals surface area (Å²) in [5.41, 5.74) is 1.52. The lowest BCUT2D eigenvalue weighted by Gasteiger charge is -2.31. The molecular weight excluding hydrogens is 242 g/mol. The van der Waals surface area contributed by atoms with Crippen LogP contribution >= 0.6 is 0 Å². The molecule has 0 bridgehead atoms. The molecule has 0 amide bonds. The fourth-order valence-corrected chi connectivity index (χ4v) is 3.77. The van der Waals surface area contributed by atoms with Gasteiger partial charge < -0.3 is 5.32 Å². The van der Waals surface area contributed by atoms with E-state index in [4.69, 9.17) is 0 Å². The minimum Gasteiger partial charge on any atom is -0.316 e. The quantitative estimate of drug-likeness (QED) is 0.738. The number of benzene rings is 1. The predicted octanol–water partition coefficient (Wildman–Crippen LogP) is 4.99. The minimum absolute atomic E-state index is 0.691. The second kappa shape index (κ2) is 8.46. The Bertz CT molecular complexity index is 359. The summed E-state index contributed by atoms with van der Waals surface area (Å²) in [7, 11) is 0. The van der Waals surface area contributed by atoms with Crippen molar-refractivity contribution in [3.63, 3.8) is 0 Å². The Labute approximate surface area is 125 Å². The fraction of sp³-hybridized carbons (Fsp3) is 0.684. The van der Waals surface area contributed by atoms with E-state index in [-0.39, 0.29) is 0 Å². The van der Waals surface area contributed by atoms with Gasteiger partial charge in [0.15, 0.2) is 0 Å². The van der Waals surface area contributed by atoms with Crippen molar-refractivity contribution in [2.24, 2.45) is 11.8 Å². The second-order valence-electron chi connectivity index (χ2n) is 6.46. The maximum Gasteiger partial charge on any atom is 0.00201 e. The molecule has 1 aromatic carbocycles. The molecule has 1 aromatic rings. The summed E-state index contributed by atoms with van der Waals surface area (Å²) in [5, 5.41) is 3.56. The highest BCUT2D eigenvalue weighted by Gasteiger charge is 2.24. The normalized spacial score (nSPS) is 24.5. The van der Waals surface area contributed by atoms with E-state index in [0.717, 1.165) is 24.9 Å². The minimum atomic E-state index is 0.691. The molecule has 3 atom stereocenters. The molecule has 112 valence electrons. The summed E-state index contributed by atoms with van der Waals surface area (Å²) < 4.78 is 0. The number of hydrogen-bond donors (Lipinski definition) is 1. The van der Waals surface area contributed by atoms with E-state index in [2.05, 4.69) is 49.5 Å².